The number of rotatable bonds is 3. The molecule has 0 unspecified atom stereocenters. The molecule has 0 radical (unpaired) electrons. The zero-order valence-electron chi connectivity index (χ0n) is 16.0. The minimum absolute atomic E-state index is 0.0236. The summed E-state index contributed by atoms with van der Waals surface area (Å²) in [6.45, 7) is 6.06. The Bertz CT molecular complexity index is 1040. The van der Waals surface area contributed by atoms with Crippen molar-refractivity contribution in [1.82, 2.24) is 24.8 Å². The van der Waals surface area contributed by atoms with E-state index < -0.39 is 0 Å². The van der Waals surface area contributed by atoms with Gasteiger partial charge in [-0.2, -0.15) is 0 Å². The summed E-state index contributed by atoms with van der Waals surface area (Å²) in [5, 5.41) is 0.857. The van der Waals surface area contributed by atoms with Crippen LogP contribution in [-0.4, -0.2) is 62.7 Å². The fourth-order valence-electron chi connectivity index (χ4n) is 3.49. The number of amides is 1. The summed E-state index contributed by atoms with van der Waals surface area (Å²) in [5.41, 5.74) is 2.94. The van der Waals surface area contributed by atoms with E-state index >= 15 is 0 Å². The highest BCUT2D eigenvalue weighted by molar-refractivity contribution is 6.00. The van der Waals surface area contributed by atoms with Crippen molar-refractivity contribution in [3.8, 4) is 11.3 Å². The number of H-pyrrole nitrogens is 1. The van der Waals surface area contributed by atoms with Gasteiger partial charge in [0.2, 0.25) is 11.9 Å². The van der Waals surface area contributed by atoms with Crippen molar-refractivity contribution < 1.29 is 9.59 Å². The Morgan fingerprint density at radius 1 is 1.11 bits per heavy atom. The van der Waals surface area contributed by atoms with Gasteiger partial charge in [0, 0.05) is 68.2 Å². The quantitative estimate of drug-likeness (QED) is 0.703. The molecule has 0 spiro atoms. The summed E-state index contributed by atoms with van der Waals surface area (Å²) in [4.78, 5) is 44.0. The van der Waals surface area contributed by atoms with E-state index in [0.29, 0.717) is 30.2 Å². The maximum absolute atomic E-state index is 11.7. The number of Topliss-reactive ketones (excluding diaryl/α,β-unsaturated/α-hetero) is 1. The molecule has 144 valence electrons. The van der Waals surface area contributed by atoms with E-state index in [1.54, 1.807) is 19.3 Å². The Kier molecular flexibility index (Phi) is 4.77. The maximum Gasteiger partial charge on any atom is 0.225 e. The lowest BCUT2D eigenvalue weighted by Crippen LogP contribution is -2.34. The van der Waals surface area contributed by atoms with Crippen molar-refractivity contribution in [3.63, 3.8) is 0 Å². The molecule has 4 heterocycles. The molecule has 4 rings (SSSR count). The lowest BCUT2D eigenvalue weighted by atomic mass is 10.1. The Labute approximate surface area is 162 Å². The van der Waals surface area contributed by atoms with Gasteiger partial charge in [-0.25, -0.2) is 15.0 Å². The van der Waals surface area contributed by atoms with Crippen LogP contribution in [0.25, 0.3) is 22.3 Å². The Morgan fingerprint density at radius 2 is 1.96 bits per heavy atom. The van der Waals surface area contributed by atoms with Gasteiger partial charge < -0.3 is 14.8 Å². The lowest BCUT2D eigenvalue weighted by Gasteiger charge is -2.21. The van der Waals surface area contributed by atoms with Crippen molar-refractivity contribution in [1.29, 1.82) is 0 Å². The number of carbonyl (C=O) groups is 2. The number of anilines is 1. The number of aromatic nitrogens is 4. The van der Waals surface area contributed by atoms with E-state index in [0.717, 1.165) is 36.2 Å². The number of carbonyl (C=O) groups excluding carboxylic acids is 2. The van der Waals surface area contributed by atoms with Crippen LogP contribution in [0.15, 0.2) is 30.7 Å². The number of aromatic amines is 1. The van der Waals surface area contributed by atoms with Crippen molar-refractivity contribution in [2.75, 3.05) is 31.1 Å². The van der Waals surface area contributed by atoms with Crippen LogP contribution in [0.3, 0.4) is 0 Å². The van der Waals surface area contributed by atoms with E-state index in [9.17, 15) is 9.59 Å². The second kappa shape index (κ2) is 7.38. The van der Waals surface area contributed by atoms with Crippen LogP contribution in [0.5, 0.6) is 0 Å². The number of nitrogens with zero attached hydrogens (tertiary/aromatic N) is 5. The summed E-state index contributed by atoms with van der Waals surface area (Å²) >= 11 is 0. The van der Waals surface area contributed by atoms with Gasteiger partial charge in [0.15, 0.2) is 5.78 Å². The first kappa shape index (κ1) is 18.1. The van der Waals surface area contributed by atoms with Gasteiger partial charge in [-0.1, -0.05) is 0 Å². The molecule has 0 aliphatic carbocycles. The second-order valence-electron chi connectivity index (χ2n) is 6.97. The van der Waals surface area contributed by atoms with Crippen LogP contribution in [-0.2, 0) is 4.79 Å². The third-order valence-corrected chi connectivity index (χ3v) is 5.08. The number of nitrogens with one attached hydrogen (secondary N) is 1. The first-order chi connectivity index (χ1) is 13.5. The summed E-state index contributed by atoms with van der Waals surface area (Å²) in [5.74, 6) is 0.724. The highest BCUT2D eigenvalue weighted by atomic mass is 16.2. The van der Waals surface area contributed by atoms with Crippen molar-refractivity contribution in [2.45, 2.75) is 20.3 Å². The SMILES string of the molecule is CC(=O)c1cnc2[nH]cc(-c3ccnc(N4CCCN(C(C)=O)CC4)n3)c2c1. The number of pyridine rings is 1. The van der Waals surface area contributed by atoms with Gasteiger partial charge in [0.25, 0.3) is 0 Å². The van der Waals surface area contributed by atoms with E-state index in [4.69, 9.17) is 4.98 Å². The number of ketones is 1. The smallest absolute Gasteiger partial charge is 0.225 e. The molecule has 28 heavy (non-hydrogen) atoms. The Morgan fingerprint density at radius 3 is 2.75 bits per heavy atom. The van der Waals surface area contributed by atoms with Crippen LogP contribution < -0.4 is 4.90 Å². The molecule has 0 saturated carbocycles. The van der Waals surface area contributed by atoms with Gasteiger partial charge in [-0.05, 0) is 25.5 Å². The molecular weight excluding hydrogens is 356 g/mol. The monoisotopic (exact) mass is 378 g/mol. The van der Waals surface area contributed by atoms with Crippen molar-refractivity contribution in [2.24, 2.45) is 0 Å². The fraction of sp³-hybridized carbons (Fsp3) is 0.350. The fourth-order valence-corrected chi connectivity index (χ4v) is 3.49. The number of hydrogen-bond acceptors (Lipinski definition) is 6. The van der Waals surface area contributed by atoms with E-state index in [2.05, 4.69) is 19.9 Å². The molecule has 1 aliphatic rings. The molecule has 0 aromatic carbocycles. The predicted molar refractivity (Wildman–Crippen MR) is 106 cm³/mol. The molecule has 3 aromatic rings. The molecular formula is C20H22N6O2. The van der Waals surface area contributed by atoms with Crippen LogP contribution in [0.4, 0.5) is 5.95 Å². The summed E-state index contributed by atoms with van der Waals surface area (Å²) in [6, 6.07) is 3.70. The largest absolute Gasteiger partial charge is 0.345 e. The van der Waals surface area contributed by atoms with Crippen molar-refractivity contribution >= 4 is 28.7 Å². The average Bonchev–Trinajstić information content (AvgIpc) is 2.95. The summed E-state index contributed by atoms with van der Waals surface area (Å²) in [7, 11) is 0. The first-order valence-corrected chi connectivity index (χ1v) is 9.35. The minimum Gasteiger partial charge on any atom is -0.345 e. The minimum atomic E-state index is -0.0236. The number of fused-ring (bicyclic) bond motifs is 1. The molecule has 3 aromatic heterocycles. The van der Waals surface area contributed by atoms with Gasteiger partial charge in [0.1, 0.15) is 5.65 Å². The molecule has 1 fully saturated rings. The zero-order chi connectivity index (χ0) is 19.7. The highest BCUT2D eigenvalue weighted by Gasteiger charge is 2.19. The van der Waals surface area contributed by atoms with Gasteiger partial charge in [-0.15, -0.1) is 0 Å². The summed E-state index contributed by atoms with van der Waals surface area (Å²) < 4.78 is 0. The normalized spacial score (nSPS) is 14.9. The molecule has 1 aliphatic heterocycles. The Balaban J connectivity index is 1.66. The number of hydrogen-bond donors (Lipinski definition) is 1. The van der Waals surface area contributed by atoms with Gasteiger partial charge >= 0.3 is 0 Å². The van der Waals surface area contributed by atoms with Gasteiger partial charge in [0.05, 0.1) is 5.69 Å². The Hall–Kier alpha value is -3.29. The van der Waals surface area contributed by atoms with E-state index in [-0.39, 0.29) is 11.7 Å². The molecule has 0 bridgehead atoms. The third-order valence-electron chi connectivity index (χ3n) is 5.08. The van der Waals surface area contributed by atoms with Crippen LogP contribution in [0.1, 0.15) is 30.6 Å². The maximum atomic E-state index is 11.7. The van der Waals surface area contributed by atoms with Crippen LogP contribution in [0, 0.1) is 0 Å². The molecule has 1 amide bonds. The molecule has 1 saturated heterocycles. The topological polar surface area (TPSA) is 95.1 Å². The predicted octanol–water partition coefficient (Wildman–Crippen LogP) is 2.28. The molecule has 1 N–H and O–H groups in total. The first-order valence-electron chi connectivity index (χ1n) is 9.35. The van der Waals surface area contributed by atoms with Crippen molar-refractivity contribution in [3.05, 3.63) is 36.3 Å². The van der Waals surface area contributed by atoms with E-state index in [1.165, 1.54) is 6.92 Å². The second-order valence-corrected chi connectivity index (χ2v) is 6.97. The van der Waals surface area contributed by atoms with Crippen LogP contribution in [0.2, 0.25) is 0 Å². The standard InChI is InChI=1S/C20H22N6O2/c1-13(27)15-10-16-17(12-23-19(16)22-11-15)18-4-5-21-20(24-18)26-7-3-6-25(8-9-26)14(2)28/h4-5,10-12H,3,6-9H2,1-2H3,(H,22,23). The molecule has 0 atom stereocenters. The zero-order valence-corrected chi connectivity index (χ0v) is 16.0. The average molecular weight is 378 g/mol. The molecule has 8 nitrogen and oxygen atoms in total. The highest BCUT2D eigenvalue weighted by Crippen LogP contribution is 2.28. The third kappa shape index (κ3) is 3.45. The lowest BCUT2D eigenvalue weighted by molar-refractivity contribution is -0.128. The summed E-state index contributed by atoms with van der Waals surface area (Å²) in [6.07, 6.45) is 6.06. The molecule has 8 heteroatoms. The van der Waals surface area contributed by atoms with Gasteiger partial charge in [-0.3, -0.25) is 9.59 Å². The van der Waals surface area contributed by atoms with Crippen LogP contribution >= 0.6 is 0 Å². The van der Waals surface area contributed by atoms with E-state index in [1.807, 2.05) is 23.2 Å².